The Morgan fingerprint density at radius 3 is 2.61 bits per heavy atom. The van der Waals surface area contributed by atoms with Gasteiger partial charge < -0.3 is 19.3 Å². The maximum absolute atomic E-state index is 13.5. The number of carbonyl (C=O) groups is 1. The molecule has 1 aromatic carbocycles. The van der Waals surface area contributed by atoms with Crippen LogP contribution in [-0.4, -0.2) is 33.4 Å². The first-order valence-electron chi connectivity index (χ1n) is 10.1. The number of alkyl halides is 3. The van der Waals surface area contributed by atoms with Gasteiger partial charge in [-0.25, -0.2) is 9.78 Å². The molecule has 2 aromatic heterocycles. The molecule has 0 fully saturated rings. The number of pyridine rings is 2. The third-order valence-corrected chi connectivity index (χ3v) is 5.17. The van der Waals surface area contributed by atoms with Crippen molar-refractivity contribution in [3.63, 3.8) is 0 Å². The van der Waals surface area contributed by atoms with Gasteiger partial charge >= 0.3 is 12.1 Å². The number of rotatable bonds is 6. The van der Waals surface area contributed by atoms with Gasteiger partial charge in [-0.15, -0.1) is 0 Å². The third-order valence-electron chi connectivity index (χ3n) is 5.17. The number of aryl methyl sites for hydroxylation is 1. The number of hydrogen-bond acceptors (Lipinski definition) is 6. The highest BCUT2D eigenvalue weighted by molar-refractivity contribution is 5.91. The van der Waals surface area contributed by atoms with E-state index in [0.717, 1.165) is 0 Å². The van der Waals surface area contributed by atoms with E-state index in [1.807, 2.05) is 0 Å². The van der Waals surface area contributed by atoms with E-state index in [-0.39, 0.29) is 31.1 Å². The lowest BCUT2D eigenvalue weighted by Crippen LogP contribution is -2.35. The number of hydrogen-bond donors (Lipinski definition) is 0. The minimum atomic E-state index is -4.45. The predicted octanol–water partition coefficient (Wildman–Crippen LogP) is 4.47. The number of quaternary nitrogens is 1. The second-order valence-corrected chi connectivity index (χ2v) is 7.88. The molecule has 1 aliphatic rings. The summed E-state index contributed by atoms with van der Waals surface area (Å²) in [7, 11) is 0. The van der Waals surface area contributed by atoms with Gasteiger partial charge in [-0.1, -0.05) is 18.2 Å². The van der Waals surface area contributed by atoms with Crippen molar-refractivity contribution in [3.8, 4) is 11.5 Å². The second-order valence-electron chi connectivity index (χ2n) is 7.88. The van der Waals surface area contributed by atoms with Crippen LogP contribution in [0.5, 0.6) is 11.5 Å². The monoisotopic (exact) mass is 459 g/mol. The van der Waals surface area contributed by atoms with Crippen molar-refractivity contribution < 1.29 is 32.1 Å². The van der Waals surface area contributed by atoms with E-state index in [4.69, 9.17) is 9.47 Å². The quantitative estimate of drug-likeness (QED) is 0.234. The molecule has 1 atom stereocenters. The Hall–Kier alpha value is -3.50. The van der Waals surface area contributed by atoms with Gasteiger partial charge in [0, 0.05) is 17.3 Å². The molecule has 7 nitrogen and oxygen atoms in total. The molecule has 0 bridgehead atoms. The van der Waals surface area contributed by atoms with Crippen LogP contribution in [0.3, 0.4) is 0 Å². The number of carbonyl (C=O) groups excluding carboxylic acids is 1. The fraction of sp³-hybridized carbons (Fsp3) is 0.261. The lowest BCUT2D eigenvalue weighted by Gasteiger charge is -2.38. The molecule has 0 saturated heterocycles. The fourth-order valence-electron chi connectivity index (χ4n) is 3.74. The molecule has 172 valence electrons. The average Bonchev–Trinajstić information content (AvgIpc) is 3.08. The van der Waals surface area contributed by atoms with Crippen LogP contribution in [0.2, 0.25) is 0 Å². The van der Waals surface area contributed by atoms with Crippen LogP contribution in [0.1, 0.15) is 32.9 Å². The van der Waals surface area contributed by atoms with E-state index < -0.39 is 23.4 Å². The number of fused-ring (bicyclic) bond motifs is 1. The number of benzene rings is 1. The number of aromatic nitrogens is 2. The Balaban J connectivity index is 1.48. The minimum Gasteiger partial charge on any atom is -0.632 e. The lowest BCUT2D eigenvalue weighted by atomic mass is 10.1. The van der Waals surface area contributed by atoms with Crippen molar-refractivity contribution in [1.29, 1.82) is 0 Å². The fourth-order valence-corrected chi connectivity index (χ4v) is 3.74. The van der Waals surface area contributed by atoms with Gasteiger partial charge in [0.25, 0.3) is 0 Å². The summed E-state index contributed by atoms with van der Waals surface area (Å²) in [6.45, 7) is 0.251. The molecule has 1 unspecified atom stereocenters. The highest BCUT2D eigenvalue weighted by atomic mass is 19.4. The molecule has 3 heterocycles. The van der Waals surface area contributed by atoms with Crippen molar-refractivity contribution in [2.24, 2.45) is 0 Å². The molecular weight excluding hydrogens is 439 g/mol. The molecule has 0 N–H and O–H groups in total. The van der Waals surface area contributed by atoms with Crippen LogP contribution in [0.15, 0.2) is 54.9 Å². The molecule has 3 aromatic rings. The van der Waals surface area contributed by atoms with Gasteiger partial charge in [-0.2, -0.15) is 13.2 Å². The summed E-state index contributed by atoms with van der Waals surface area (Å²) in [6.07, 6.45) is -1.80. The molecule has 33 heavy (non-hydrogen) atoms. The zero-order chi connectivity index (χ0) is 23.6. The van der Waals surface area contributed by atoms with Crippen molar-refractivity contribution >= 4 is 5.97 Å². The molecule has 0 aliphatic carbocycles. The maximum Gasteiger partial charge on any atom is 0.422 e. The largest absolute Gasteiger partial charge is 0.632 e. The summed E-state index contributed by atoms with van der Waals surface area (Å²) >= 11 is 0. The highest BCUT2D eigenvalue weighted by Crippen LogP contribution is 2.33. The number of halogens is 3. The summed E-state index contributed by atoms with van der Waals surface area (Å²) in [5, 5.41) is 13.5. The summed E-state index contributed by atoms with van der Waals surface area (Å²) in [5.74, 6) is -0.268. The van der Waals surface area contributed by atoms with Gasteiger partial charge in [0.05, 0.1) is 11.9 Å². The Kier molecular flexibility index (Phi) is 6.05. The van der Waals surface area contributed by atoms with Crippen LogP contribution >= 0.6 is 0 Å². The van der Waals surface area contributed by atoms with Gasteiger partial charge in [0.2, 0.25) is 0 Å². The topological polar surface area (TPSA) is 84.4 Å². The van der Waals surface area contributed by atoms with E-state index in [9.17, 15) is 23.2 Å². The van der Waals surface area contributed by atoms with Gasteiger partial charge in [-0.3, -0.25) is 4.98 Å². The molecule has 0 radical (unpaired) electrons. The highest BCUT2D eigenvalue weighted by Gasteiger charge is 2.34. The smallest absolute Gasteiger partial charge is 0.422 e. The van der Waals surface area contributed by atoms with Gasteiger partial charge in [0.15, 0.2) is 12.3 Å². The number of ether oxygens (including phenoxy) is 2. The first-order valence-corrected chi connectivity index (χ1v) is 10.1. The van der Waals surface area contributed by atoms with E-state index in [1.165, 1.54) is 18.5 Å². The Bertz CT molecular complexity index is 1170. The molecule has 0 amide bonds. The van der Waals surface area contributed by atoms with Crippen molar-refractivity contribution in [3.05, 3.63) is 88.1 Å². The maximum atomic E-state index is 13.5. The van der Waals surface area contributed by atoms with Crippen LogP contribution < -0.4 is 9.47 Å². The number of esters is 1. The second kappa shape index (κ2) is 8.80. The summed E-state index contributed by atoms with van der Waals surface area (Å²) in [5.41, 5.74) is 2.17. The number of para-hydroxylation sites is 1. The number of nitrogens with zero attached hydrogens (tertiary/aromatic N) is 3. The van der Waals surface area contributed by atoms with E-state index in [0.29, 0.717) is 28.1 Å². The van der Waals surface area contributed by atoms with Crippen molar-refractivity contribution in [2.45, 2.75) is 32.7 Å². The zero-order valence-corrected chi connectivity index (χ0v) is 17.6. The Labute approximate surface area is 187 Å². The number of hydroxylamine groups is 3. The predicted molar refractivity (Wildman–Crippen MR) is 111 cm³/mol. The van der Waals surface area contributed by atoms with Crippen LogP contribution in [0.25, 0.3) is 0 Å². The van der Waals surface area contributed by atoms with Gasteiger partial charge in [0.1, 0.15) is 31.1 Å². The first kappa shape index (κ1) is 22.7. The van der Waals surface area contributed by atoms with Crippen LogP contribution in [0, 0.1) is 12.1 Å². The standard InChI is InChI=1S/C23H20F3N3O4/c1-15-9-17(28-10-20(15)32-14-23(24,25)26)12-29(31)11-16-7-8-27-21(19(16)13-29)22(30)33-18-5-3-2-4-6-18/h2-10H,11-14H2,1H3. The van der Waals surface area contributed by atoms with E-state index >= 15 is 0 Å². The van der Waals surface area contributed by atoms with Crippen molar-refractivity contribution in [2.75, 3.05) is 6.61 Å². The summed E-state index contributed by atoms with van der Waals surface area (Å²) in [4.78, 5) is 20.9. The van der Waals surface area contributed by atoms with Gasteiger partial charge in [-0.05, 0) is 36.8 Å². The Morgan fingerprint density at radius 2 is 1.91 bits per heavy atom. The average molecular weight is 459 g/mol. The molecule has 1 aliphatic heterocycles. The summed E-state index contributed by atoms with van der Waals surface area (Å²) in [6, 6.07) is 11.8. The lowest BCUT2D eigenvalue weighted by molar-refractivity contribution is -0.913. The van der Waals surface area contributed by atoms with E-state index in [1.54, 1.807) is 43.3 Å². The summed E-state index contributed by atoms with van der Waals surface area (Å²) < 4.78 is 46.6. The first-order chi connectivity index (χ1) is 15.6. The molecular formula is C23H20F3N3O4. The van der Waals surface area contributed by atoms with Crippen molar-refractivity contribution in [1.82, 2.24) is 9.97 Å². The normalized spacial score (nSPS) is 17.5. The minimum absolute atomic E-state index is 0.00451. The molecule has 10 heteroatoms. The third kappa shape index (κ3) is 5.47. The van der Waals surface area contributed by atoms with E-state index in [2.05, 4.69) is 9.97 Å². The SMILES string of the molecule is Cc1cc(C[N+]2([O-])Cc3ccnc(C(=O)Oc4ccccc4)c3C2)ncc1OCC(F)(F)F. The molecule has 4 rings (SSSR count). The van der Waals surface area contributed by atoms with Crippen LogP contribution in [-0.2, 0) is 19.6 Å². The zero-order valence-electron chi connectivity index (χ0n) is 17.6. The molecule has 0 spiro atoms. The van der Waals surface area contributed by atoms with Crippen LogP contribution in [0.4, 0.5) is 13.2 Å². The Morgan fingerprint density at radius 1 is 1.15 bits per heavy atom. The molecule has 0 saturated carbocycles.